The Kier molecular flexibility index (Phi) is 5.26. The molecule has 2 rings (SSSR count). The molecule has 0 bridgehead atoms. The highest BCUT2D eigenvalue weighted by Gasteiger charge is 2.19. The molecule has 0 saturated heterocycles. The largest absolute Gasteiger partial charge is 0.451 e. The molecule has 0 aliphatic rings. The van der Waals surface area contributed by atoms with E-state index in [1.165, 1.54) is 0 Å². The Morgan fingerprint density at radius 1 is 1.14 bits per heavy atom. The Labute approximate surface area is 125 Å². The van der Waals surface area contributed by atoms with Gasteiger partial charge in [-0.25, -0.2) is 0 Å². The number of furan rings is 1. The van der Waals surface area contributed by atoms with Gasteiger partial charge in [0.05, 0.1) is 0 Å². The van der Waals surface area contributed by atoms with E-state index < -0.39 is 0 Å². The fraction of sp³-hybridized carbons (Fsp3) is 0.471. The summed E-state index contributed by atoms with van der Waals surface area (Å²) in [6.45, 7) is 5.84. The van der Waals surface area contributed by atoms with E-state index in [1.807, 2.05) is 17.0 Å². The first-order valence-electron chi connectivity index (χ1n) is 7.74. The van der Waals surface area contributed by atoms with Crippen LogP contribution in [0.2, 0.25) is 0 Å². The number of hydrogen-bond donors (Lipinski definition) is 1. The van der Waals surface area contributed by atoms with Gasteiger partial charge in [-0.1, -0.05) is 26.7 Å². The Balaban J connectivity index is 2.20. The van der Waals surface area contributed by atoms with Crippen LogP contribution in [0.1, 0.15) is 50.1 Å². The lowest BCUT2D eigenvalue weighted by molar-refractivity contribution is 0.0721. The third-order valence-electron chi connectivity index (χ3n) is 3.60. The van der Waals surface area contributed by atoms with Gasteiger partial charge >= 0.3 is 0 Å². The highest BCUT2D eigenvalue weighted by molar-refractivity contribution is 5.96. The van der Waals surface area contributed by atoms with Crippen molar-refractivity contribution in [2.75, 3.05) is 18.8 Å². The average Bonchev–Trinajstić information content (AvgIpc) is 2.89. The number of hydrogen-bond acceptors (Lipinski definition) is 3. The molecule has 0 fully saturated rings. The summed E-state index contributed by atoms with van der Waals surface area (Å²) in [7, 11) is 0. The second kappa shape index (κ2) is 7.16. The number of unbranched alkanes of at least 4 members (excludes halogenated alkanes) is 2. The highest BCUT2D eigenvalue weighted by atomic mass is 16.3. The molecule has 0 aliphatic carbocycles. The van der Waals surface area contributed by atoms with Gasteiger partial charge in [-0.2, -0.15) is 0 Å². The van der Waals surface area contributed by atoms with Crippen molar-refractivity contribution in [1.82, 2.24) is 4.90 Å². The molecular formula is C17H24N2O2. The number of anilines is 1. The van der Waals surface area contributed by atoms with Gasteiger partial charge < -0.3 is 15.1 Å². The third kappa shape index (κ3) is 3.78. The topological polar surface area (TPSA) is 59.5 Å². The predicted molar refractivity (Wildman–Crippen MR) is 86.3 cm³/mol. The van der Waals surface area contributed by atoms with Gasteiger partial charge in [0.2, 0.25) is 0 Å². The van der Waals surface area contributed by atoms with Crippen LogP contribution in [-0.2, 0) is 0 Å². The lowest BCUT2D eigenvalue weighted by Crippen LogP contribution is -2.32. The number of amides is 1. The van der Waals surface area contributed by atoms with Crippen molar-refractivity contribution in [2.24, 2.45) is 0 Å². The summed E-state index contributed by atoms with van der Waals surface area (Å²) in [6.07, 6.45) is 4.18. The van der Waals surface area contributed by atoms with E-state index in [-0.39, 0.29) is 5.91 Å². The molecule has 114 valence electrons. The summed E-state index contributed by atoms with van der Waals surface area (Å²) >= 11 is 0. The molecule has 4 nitrogen and oxygen atoms in total. The molecule has 0 spiro atoms. The lowest BCUT2D eigenvalue weighted by atomic mass is 10.2. The molecule has 0 atom stereocenters. The van der Waals surface area contributed by atoms with E-state index in [4.69, 9.17) is 10.2 Å². The summed E-state index contributed by atoms with van der Waals surface area (Å²) < 4.78 is 5.68. The zero-order valence-electron chi connectivity index (χ0n) is 12.9. The molecule has 4 heteroatoms. The number of nitrogens with zero attached hydrogens (tertiary/aromatic N) is 1. The molecule has 0 aliphatic heterocycles. The molecule has 1 heterocycles. The maximum absolute atomic E-state index is 12.6. The van der Waals surface area contributed by atoms with E-state index in [2.05, 4.69) is 13.8 Å². The van der Waals surface area contributed by atoms with Crippen LogP contribution in [0.25, 0.3) is 11.0 Å². The molecule has 0 saturated carbocycles. The monoisotopic (exact) mass is 288 g/mol. The quantitative estimate of drug-likeness (QED) is 0.782. The number of nitrogen functional groups attached to an aromatic ring is 1. The van der Waals surface area contributed by atoms with Crippen LogP contribution in [0.15, 0.2) is 28.7 Å². The number of rotatable bonds is 7. The maximum atomic E-state index is 12.6. The zero-order chi connectivity index (χ0) is 15.2. The third-order valence-corrected chi connectivity index (χ3v) is 3.60. The molecule has 2 aromatic rings. The summed E-state index contributed by atoms with van der Waals surface area (Å²) in [4.78, 5) is 14.5. The fourth-order valence-electron chi connectivity index (χ4n) is 2.34. The maximum Gasteiger partial charge on any atom is 0.289 e. The Morgan fingerprint density at radius 2 is 1.81 bits per heavy atom. The van der Waals surface area contributed by atoms with E-state index in [0.717, 1.165) is 44.2 Å². The zero-order valence-corrected chi connectivity index (χ0v) is 12.9. The molecule has 2 N–H and O–H groups in total. The Hall–Kier alpha value is -1.97. The van der Waals surface area contributed by atoms with E-state index in [1.54, 1.807) is 12.1 Å². The smallest absolute Gasteiger partial charge is 0.289 e. The number of benzene rings is 1. The summed E-state index contributed by atoms with van der Waals surface area (Å²) in [5, 5.41) is 0.879. The summed E-state index contributed by atoms with van der Waals surface area (Å²) in [5.41, 5.74) is 7.15. The first-order valence-corrected chi connectivity index (χ1v) is 7.74. The molecular weight excluding hydrogens is 264 g/mol. The van der Waals surface area contributed by atoms with Crippen molar-refractivity contribution in [2.45, 2.75) is 39.5 Å². The number of nitrogens with two attached hydrogens (primary N) is 1. The van der Waals surface area contributed by atoms with Crippen molar-refractivity contribution < 1.29 is 9.21 Å². The van der Waals surface area contributed by atoms with Crippen LogP contribution >= 0.6 is 0 Å². The van der Waals surface area contributed by atoms with Crippen LogP contribution in [0, 0.1) is 0 Å². The Morgan fingerprint density at radius 3 is 2.43 bits per heavy atom. The first-order chi connectivity index (χ1) is 10.2. The number of carbonyl (C=O) groups excluding carboxylic acids is 1. The van der Waals surface area contributed by atoms with Crippen LogP contribution in [0.4, 0.5) is 5.69 Å². The minimum atomic E-state index is -0.0216. The standard InChI is InChI=1S/C17H24N2O2/c1-3-5-9-19(10-6-4-2)17(20)16-12-13-11-14(18)7-8-15(13)21-16/h7-8,11-12H,3-6,9-10,18H2,1-2H3. The fourth-order valence-corrected chi connectivity index (χ4v) is 2.34. The molecule has 0 unspecified atom stereocenters. The van der Waals surface area contributed by atoms with Crippen molar-refractivity contribution >= 4 is 22.6 Å². The molecule has 1 aromatic carbocycles. The van der Waals surface area contributed by atoms with Gasteiger partial charge in [-0.05, 0) is 37.1 Å². The minimum Gasteiger partial charge on any atom is -0.451 e. The van der Waals surface area contributed by atoms with Crippen molar-refractivity contribution in [3.8, 4) is 0 Å². The minimum absolute atomic E-state index is 0.0216. The summed E-state index contributed by atoms with van der Waals surface area (Å²) in [6, 6.07) is 7.22. The predicted octanol–water partition coefficient (Wildman–Crippen LogP) is 4.06. The van der Waals surface area contributed by atoms with Crippen LogP contribution < -0.4 is 5.73 Å². The van der Waals surface area contributed by atoms with Crippen LogP contribution in [-0.4, -0.2) is 23.9 Å². The van der Waals surface area contributed by atoms with E-state index in [9.17, 15) is 4.79 Å². The van der Waals surface area contributed by atoms with Crippen molar-refractivity contribution in [1.29, 1.82) is 0 Å². The van der Waals surface area contributed by atoms with Gasteiger partial charge in [0.1, 0.15) is 5.58 Å². The number of carbonyl (C=O) groups is 1. The Bertz CT molecular complexity index is 596. The first kappa shape index (κ1) is 15.4. The molecule has 1 aromatic heterocycles. The summed E-state index contributed by atoms with van der Waals surface area (Å²) in [5.74, 6) is 0.384. The van der Waals surface area contributed by atoms with Gasteiger partial charge in [0.25, 0.3) is 5.91 Å². The van der Waals surface area contributed by atoms with Gasteiger partial charge in [0, 0.05) is 24.2 Å². The van der Waals surface area contributed by atoms with E-state index >= 15 is 0 Å². The van der Waals surface area contributed by atoms with Gasteiger partial charge in [-0.3, -0.25) is 4.79 Å². The highest BCUT2D eigenvalue weighted by Crippen LogP contribution is 2.23. The second-order valence-corrected chi connectivity index (χ2v) is 5.41. The van der Waals surface area contributed by atoms with Gasteiger partial charge in [-0.15, -0.1) is 0 Å². The second-order valence-electron chi connectivity index (χ2n) is 5.41. The molecule has 0 radical (unpaired) electrons. The average molecular weight is 288 g/mol. The SMILES string of the molecule is CCCCN(CCCC)C(=O)c1cc2cc(N)ccc2o1. The van der Waals surface area contributed by atoms with Crippen molar-refractivity contribution in [3.63, 3.8) is 0 Å². The van der Waals surface area contributed by atoms with Crippen LogP contribution in [0.5, 0.6) is 0 Å². The van der Waals surface area contributed by atoms with Gasteiger partial charge in [0.15, 0.2) is 5.76 Å². The van der Waals surface area contributed by atoms with E-state index in [0.29, 0.717) is 17.0 Å². The number of fused-ring (bicyclic) bond motifs is 1. The molecule has 21 heavy (non-hydrogen) atoms. The molecule has 1 amide bonds. The van der Waals surface area contributed by atoms with Crippen molar-refractivity contribution in [3.05, 3.63) is 30.0 Å². The lowest BCUT2D eigenvalue weighted by Gasteiger charge is -2.21. The normalized spacial score (nSPS) is 11.0. The van der Waals surface area contributed by atoms with Crippen LogP contribution in [0.3, 0.4) is 0 Å².